The lowest BCUT2D eigenvalue weighted by Crippen LogP contribution is -2.15. The van der Waals surface area contributed by atoms with Crippen molar-refractivity contribution in [1.82, 2.24) is 15.1 Å². The van der Waals surface area contributed by atoms with Crippen LogP contribution in [0.3, 0.4) is 0 Å². The van der Waals surface area contributed by atoms with E-state index >= 15 is 0 Å². The van der Waals surface area contributed by atoms with Gasteiger partial charge in [-0.05, 0) is 25.1 Å². The Morgan fingerprint density at radius 2 is 2.26 bits per heavy atom. The maximum absolute atomic E-state index is 13.9. The fourth-order valence-electron chi connectivity index (χ4n) is 1.77. The molecule has 0 saturated carbocycles. The third-order valence-electron chi connectivity index (χ3n) is 2.71. The van der Waals surface area contributed by atoms with Crippen molar-refractivity contribution in [1.29, 1.82) is 0 Å². The Bertz CT molecular complexity index is 539. The monoisotopic (exact) mass is 279 g/mol. The van der Waals surface area contributed by atoms with Gasteiger partial charge in [0.1, 0.15) is 5.82 Å². The van der Waals surface area contributed by atoms with Crippen LogP contribution in [0.2, 0.25) is 0 Å². The highest BCUT2D eigenvalue weighted by atomic mass is 32.2. The van der Waals surface area contributed by atoms with Crippen molar-refractivity contribution in [2.75, 3.05) is 6.54 Å². The van der Waals surface area contributed by atoms with E-state index in [0.29, 0.717) is 6.54 Å². The molecule has 19 heavy (non-hydrogen) atoms. The van der Waals surface area contributed by atoms with E-state index in [2.05, 4.69) is 17.3 Å². The van der Waals surface area contributed by atoms with Crippen molar-refractivity contribution in [3.63, 3.8) is 0 Å². The largest absolute Gasteiger partial charge is 0.313 e. The smallest absolute Gasteiger partial charge is 0.128 e. The first-order valence-electron chi connectivity index (χ1n) is 6.35. The van der Waals surface area contributed by atoms with Crippen LogP contribution in [-0.4, -0.2) is 16.3 Å². The van der Waals surface area contributed by atoms with Crippen molar-refractivity contribution in [3.05, 3.63) is 42.0 Å². The summed E-state index contributed by atoms with van der Waals surface area (Å²) in [4.78, 5) is 1.96. The molecule has 0 spiro atoms. The van der Waals surface area contributed by atoms with Gasteiger partial charge in [-0.1, -0.05) is 24.8 Å². The molecule has 1 aromatic heterocycles. The molecule has 0 saturated heterocycles. The minimum atomic E-state index is -0.155. The summed E-state index contributed by atoms with van der Waals surface area (Å²) in [5.74, 6) is -0.155. The van der Waals surface area contributed by atoms with Gasteiger partial charge in [-0.25, -0.2) is 4.39 Å². The second kappa shape index (κ2) is 6.73. The first-order valence-corrected chi connectivity index (χ1v) is 7.17. The molecule has 0 aliphatic heterocycles. The topological polar surface area (TPSA) is 29.9 Å². The van der Waals surface area contributed by atoms with E-state index in [4.69, 9.17) is 0 Å². The summed E-state index contributed by atoms with van der Waals surface area (Å²) in [6.45, 7) is 3.55. The number of halogens is 1. The predicted octanol–water partition coefficient (Wildman–Crippen LogP) is 3.21. The second-order valence-corrected chi connectivity index (χ2v) is 5.46. The SMILES string of the molecule is CCCNCc1c(F)cccc1Sc1cnn(C)c1. The van der Waals surface area contributed by atoms with E-state index in [1.165, 1.54) is 6.07 Å². The van der Waals surface area contributed by atoms with E-state index in [1.54, 1.807) is 28.7 Å². The summed E-state index contributed by atoms with van der Waals surface area (Å²) >= 11 is 1.54. The van der Waals surface area contributed by atoms with Gasteiger partial charge < -0.3 is 5.32 Å². The normalized spacial score (nSPS) is 10.9. The Balaban J connectivity index is 2.16. The van der Waals surface area contributed by atoms with Crippen LogP contribution in [0.5, 0.6) is 0 Å². The van der Waals surface area contributed by atoms with E-state index in [-0.39, 0.29) is 5.82 Å². The quantitative estimate of drug-likeness (QED) is 0.823. The van der Waals surface area contributed by atoms with Gasteiger partial charge in [0.25, 0.3) is 0 Å². The lowest BCUT2D eigenvalue weighted by molar-refractivity contribution is 0.578. The van der Waals surface area contributed by atoms with Crippen molar-refractivity contribution < 1.29 is 4.39 Å². The number of benzene rings is 1. The van der Waals surface area contributed by atoms with Crippen molar-refractivity contribution in [2.45, 2.75) is 29.7 Å². The third kappa shape index (κ3) is 3.81. The van der Waals surface area contributed by atoms with Gasteiger partial charge in [0, 0.05) is 30.2 Å². The summed E-state index contributed by atoms with van der Waals surface area (Å²) in [6.07, 6.45) is 4.76. The van der Waals surface area contributed by atoms with Gasteiger partial charge in [0.05, 0.1) is 11.1 Å². The molecule has 1 heterocycles. The zero-order chi connectivity index (χ0) is 13.7. The highest BCUT2D eigenvalue weighted by Gasteiger charge is 2.10. The molecule has 3 nitrogen and oxygen atoms in total. The van der Waals surface area contributed by atoms with Crippen LogP contribution in [0.4, 0.5) is 4.39 Å². The van der Waals surface area contributed by atoms with Crippen LogP contribution in [-0.2, 0) is 13.6 Å². The van der Waals surface area contributed by atoms with E-state index in [1.807, 2.05) is 19.3 Å². The van der Waals surface area contributed by atoms with Crippen LogP contribution < -0.4 is 5.32 Å². The zero-order valence-corrected chi connectivity index (χ0v) is 12.0. The lowest BCUT2D eigenvalue weighted by Gasteiger charge is -2.10. The molecule has 0 aliphatic carbocycles. The molecule has 5 heteroatoms. The Hall–Kier alpha value is -1.33. The average molecular weight is 279 g/mol. The molecule has 1 N–H and O–H groups in total. The maximum Gasteiger partial charge on any atom is 0.128 e. The first kappa shape index (κ1) is 14.1. The summed E-state index contributed by atoms with van der Waals surface area (Å²) < 4.78 is 15.7. The molecule has 0 bridgehead atoms. The van der Waals surface area contributed by atoms with Gasteiger partial charge in [-0.15, -0.1) is 0 Å². The Morgan fingerprint density at radius 1 is 1.42 bits per heavy atom. The molecule has 0 unspecified atom stereocenters. The number of aromatic nitrogens is 2. The van der Waals surface area contributed by atoms with Gasteiger partial charge in [0.15, 0.2) is 0 Å². The molecule has 1 aromatic carbocycles. The highest BCUT2D eigenvalue weighted by molar-refractivity contribution is 7.99. The Labute approximate surface area is 117 Å². The van der Waals surface area contributed by atoms with Crippen molar-refractivity contribution in [2.24, 2.45) is 7.05 Å². The van der Waals surface area contributed by atoms with Gasteiger partial charge in [-0.2, -0.15) is 5.10 Å². The minimum absolute atomic E-state index is 0.155. The van der Waals surface area contributed by atoms with E-state index in [0.717, 1.165) is 28.3 Å². The third-order valence-corrected chi connectivity index (χ3v) is 3.76. The van der Waals surface area contributed by atoms with E-state index < -0.39 is 0 Å². The molecule has 0 atom stereocenters. The highest BCUT2D eigenvalue weighted by Crippen LogP contribution is 2.31. The number of hydrogen-bond donors (Lipinski definition) is 1. The van der Waals surface area contributed by atoms with Crippen LogP contribution in [0.25, 0.3) is 0 Å². The van der Waals surface area contributed by atoms with Crippen molar-refractivity contribution in [3.8, 4) is 0 Å². The Morgan fingerprint density at radius 3 is 2.95 bits per heavy atom. The molecule has 0 fully saturated rings. The number of nitrogens with zero attached hydrogens (tertiary/aromatic N) is 2. The number of hydrogen-bond acceptors (Lipinski definition) is 3. The summed E-state index contributed by atoms with van der Waals surface area (Å²) in [5, 5.41) is 7.38. The summed E-state index contributed by atoms with van der Waals surface area (Å²) in [7, 11) is 1.87. The molecule has 2 rings (SSSR count). The Kier molecular flexibility index (Phi) is 4.99. The molecule has 0 amide bonds. The molecule has 102 valence electrons. The van der Waals surface area contributed by atoms with Crippen LogP contribution in [0, 0.1) is 5.82 Å². The second-order valence-electron chi connectivity index (χ2n) is 4.35. The van der Waals surface area contributed by atoms with Gasteiger partial charge in [-0.3, -0.25) is 4.68 Å². The molecule has 0 aliphatic rings. The predicted molar refractivity (Wildman–Crippen MR) is 75.7 cm³/mol. The first-order chi connectivity index (χ1) is 9.20. The zero-order valence-electron chi connectivity index (χ0n) is 11.2. The molecular formula is C14H18FN3S. The van der Waals surface area contributed by atoms with E-state index in [9.17, 15) is 4.39 Å². The molecule has 2 aromatic rings. The maximum atomic E-state index is 13.9. The number of aryl methyl sites for hydroxylation is 1. The number of nitrogens with one attached hydrogen (secondary N) is 1. The van der Waals surface area contributed by atoms with Crippen LogP contribution in [0.15, 0.2) is 40.4 Å². The summed E-state index contributed by atoms with van der Waals surface area (Å²) in [5.41, 5.74) is 0.727. The van der Waals surface area contributed by atoms with Crippen LogP contribution in [0.1, 0.15) is 18.9 Å². The van der Waals surface area contributed by atoms with Gasteiger partial charge >= 0.3 is 0 Å². The average Bonchev–Trinajstić information content (AvgIpc) is 2.78. The van der Waals surface area contributed by atoms with Crippen LogP contribution >= 0.6 is 11.8 Å². The number of rotatable bonds is 6. The van der Waals surface area contributed by atoms with Crippen molar-refractivity contribution >= 4 is 11.8 Å². The van der Waals surface area contributed by atoms with Gasteiger partial charge in [0.2, 0.25) is 0 Å². The fourth-order valence-corrected chi connectivity index (χ4v) is 2.77. The standard InChI is InChI=1S/C14H18FN3S/c1-3-7-16-9-12-13(15)5-4-6-14(12)19-11-8-17-18(2)10-11/h4-6,8,10,16H,3,7,9H2,1-2H3. The minimum Gasteiger partial charge on any atom is -0.313 e. The fraction of sp³-hybridized carbons (Fsp3) is 0.357. The molecule has 0 radical (unpaired) electrons. The summed E-state index contributed by atoms with van der Waals surface area (Å²) in [6, 6.07) is 5.21. The lowest BCUT2D eigenvalue weighted by atomic mass is 10.2. The molecular weight excluding hydrogens is 261 g/mol.